The summed E-state index contributed by atoms with van der Waals surface area (Å²) in [5.74, 6) is 0. The predicted molar refractivity (Wildman–Crippen MR) is 119 cm³/mol. The number of thiophene rings is 1. The van der Waals surface area contributed by atoms with E-state index in [9.17, 15) is 4.79 Å². The number of hydrogen-bond acceptors (Lipinski definition) is 8. The van der Waals surface area contributed by atoms with Crippen molar-refractivity contribution in [3.05, 3.63) is 51.4 Å². The molecule has 1 aromatic carbocycles. The smallest absolute Gasteiger partial charge is 0.263 e. The molecule has 5 aromatic rings. The summed E-state index contributed by atoms with van der Waals surface area (Å²) in [6.07, 6.45) is 1.52. The van der Waals surface area contributed by atoms with E-state index in [1.807, 2.05) is 38.1 Å². The predicted octanol–water partition coefficient (Wildman–Crippen LogP) is 4.56. The van der Waals surface area contributed by atoms with Crippen molar-refractivity contribution in [2.75, 3.05) is 13.7 Å². The molecule has 30 heavy (non-hydrogen) atoms. The highest BCUT2D eigenvalue weighted by Crippen LogP contribution is 2.36. The largest absolute Gasteiger partial charge is 0.451 e. The first-order chi connectivity index (χ1) is 14.6. The third-order valence-electron chi connectivity index (χ3n) is 5.09. The van der Waals surface area contributed by atoms with E-state index < -0.39 is 0 Å². The number of benzene rings is 1. The SMILES string of the molecule is COCCn1c(Sc2ncnc3c2oc2ccccc23)nc2sc(C)c(C)c2c1=O. The maximum atomic E-state index is 13.3. The highest BCUT2D eigenvalue weighted by Gasteiger charge is 2.20. The summed E-state index contributed by atoms with van der Waals surface area (Å²) in [4.78, 5) is 28.8. The van der Waals surface area contributed by atoms with Crippen LogP contribution in [0.25, 0.3) is 32.3 Å². The summed E-state index contributed by atoms with van der Waals surface area (Å²) in [6, 6.07) is 7.75. The van der Waals surface area contributed by atoms with Crippen molar-refractivity contribution in [3.63, 3.8) is 0 Å². The van der Waals surface area contributed by atoms with Crippen molar-refractivity contribution >= 4 is 55.4 Å². The molecule has 0 aliphatic carbocycles. The quantitative estimate of drug-likeness (QED) is 0.294. The lowest BCUT2D eigenvalue weighted by Crippen LogP contribution is -2.25. The van der Waals surface area contributed by atoms with E-state index >= 15 is 0 Å². The maximum Gasteiger partial charge on any atom is 0.263 e. The van der Waals surface area contributed by atoms with Crippen molar-refractivity contribution in [3.8, 4) is 0 Å². The second kappa shape index (κ2) is 7.50. The van der Waals surface area contributed by atoms with Crippen LogP contribution in [0.2, 0.25) is 0 Å². The van der Waals surface area contributed by atoms with Gasteiger partial charge in [0.1, 0.15) is 22.3 Å². The first-order valence-corrected chi connectivity index (χ1v) is 11.0. The molecular formula is C21H18N4O3S2. The van der Waals surface area contributed by atoms with Crippen LogP contribution in [0.4, 0.5) is 0 Å². The van der Waals surface area contributed by atoms with Gasteiger partial charge < -0.3 is 9.15 Å². The minimum absolute atomic E-state index is 0.0590. The Kier molecular flexibility index (Phi) is 4.80. The van der Waals surface area contributed by atoms with E-state index in [4.69, 9.17) is 14.1 Å². The zero-order valence-corrected chi connectivity index (χ0v) is 18.3. The Balaban J connectivity index is 1.71. The van der Waals surface area contributed by atoms with Crippen LogP contribution in [0.3, 0.4) is 0 Å². The zero-order valence-electron chi connectivity index (χ0n) is 16.6. The standard InChI is InChI=1S/C21H18N4O3S2/c1-11-12(2)29-18-15(11)20(26)25(8-9-27-3)21(24-18)30-19-17-16(22-10-23-19)13-6-4-5-7-14(13)28-17/h4-7,10H,8-9H2,1-3H3. The average Bonchev–Trinajstić information content (AvgIpc) is 3.26. The molecule has 4 aromatic heterocycles. The van der Waals surface area contributed by atoms with E-state index in [2.05, 4.69) is 9.97 Å². The summed E-state index contributed by atoms with van der Waals surface area (Å²) < 4.78 is 12.9. The van der Waals surface area contributed by atoms with Gasteiger partial charge in [0.05, 0.1) is 18.5 Å². The van der Waals surface area contributed by atoms with Crippen LogP contribution in [0.1, 0.15) is 10.4 Å². The number of nitrogens with zero attached hydrogens (tertiary/aromatic N) is 4. The lowest BCUT2D eigenvalue weighted by atomic mass is 10.2. The molecule has 0 saturated heterocycles. The fourth-order valence-electron chi connectivity index (χ4n) is 3.43. The highest BCUT2D eigenvalue weighted by atomic mass is 32.2. The number of rotatable bonds is 5. The number of fused-ring (bicyclic) bond motifs is 4. The summed E-state index contributed by atoms with van der Waals surface area (Å²) in [6.45, 7) is 4.79. The third-order valence-corrected chi connectivity index (χ3v) is 7.17. The molecule has 4 heterocycles. The first kappa shape index (κ1) is 19.2. The van der Waals surface area contributed by atoms with Crippen LogP contribution in [0, 0.1) is 13.8 Å². The lowest BCUT2D eigenvalue weighted by Gasteiger charge is -2.11. The van der Waals surface area contributed by atoms with Crippen LogP contribution < -0.4 is 5.56 Å². The number of hydrogen-bond donors (Lipinski definition) is 0. The van der Waals surface area contributed by atoms with Gasteiger partial charge in [0.2, 0.25) is 0 Å². The summed E-state index contributed by atoms with van der Waals surface area (Å²) in [5, 5.41) is 2.79. The van der Waals surface area contributed by atoms with Crippen LogP contribution in [-0.4, -0.2) is 33.2 Å². The van der Waals surface area contributed by atoms with Crippen molar-refractivity contribution in [2.24, 2.45) is 0 Å². The Morgan fingerprint density at radius 2 is 2.07 bits per heavy atom. The van der Waals surface area contributed by atoms with E-state index in [0.29, 0.717) is 34.3 Å². The normalized spacial score (nSPS) is 11.8. The van der Waals surface area contributed by atoms with Crippen LogP contribution in [-0.2, 0) is 11.3 Å². The molecule has 0 aliphatic heterocycles. The summed E-state index contributed by atoms with van der Waals surface area (Å²) in [7, 11) is 1.62. The van der Waals surface area contributed by atoms with Gasteiger partial charge in [-0.3, -0.25) is 9.36 Å². The fraction of sp³-hybridized carbons (Fsp3) is 0.238. The molecule has 9 heteroatoms. The van der Waals surface area contributed by atoms with Gasteiger partial charge in [0.15, 0.2) is 15.8 Å². The molecule has 0 aliphatic rings. The molecular weight excluding hydrogens is 420 g/mol. The van der Waals surface area contributed by atoms with Gasteiger partial charge in [-0.15, -0.1) is 11.3 Å². The average molecular weight is 439 g/mol. The summed E-state index contributed by atoms with van der Waals surface area (Å²) in [5.41, 5.74) is 3.01. The van der Waals surface area contributed by atoms with Crippen LogP contribution in [0.15, 0.2) is 50.0 Å². The van der Waals surface area contributed by atoms with Gasteiger partial charge >= 0.3 is 0 Å². The van der Waals surface area contributed by atoms with E-state index in [0.717, 1.165) is 31.8 Å². The van der Waals surface area contributed by atoms with Gasteiger partial charge in [-0.05, 0) is 43.3 Å². The van der Waals surface area contributed by atoms with Crippen molar-refractivity contribution in [1.82, 2.24) is 19.5 Å². The molecule has 5 rings (SSSR count). The molecule has 0 radical (unpaired) electrons. The van der Waals surface area contributed by atoms with Gasteiger partial charge in [0, 0.05) is 17.4 Å². The monoisotopic (exact) mass is 438 g/mol. The molecule has 152 valence electrons. The van der Waals surface area contributed by atoms with Crippen LogP contribution >= 0.6 is 23.1 Å². The molecule has 0 amide bonds. The molecule has 0 atom stereocenters. The van der Waals surface area contributed by atoms with E-state index in [1.165, 1.54) is 29.4 Å². The molecule has 0 spiro atoms. The first-order valence-electron chi connectivity index (χ1n) is 9.38. The molecule has 0 bridgehead atoms. The minimum Gasteiger partial charge on any atom is -0.451 e. The maximum absolute atomic E-state index is 13.3. The summed E-state index contributed by atoms with van der Waals surface area (Å²) >= 11 is 2.84. The second-order valence-corrected chi connectivity index (χ2v) is 9.02. The van der Waals surface area contributed by atoms with Gasteiger partial charge in [0.25, 0.3) is 5.56 Å². The molecule has 0 saturated carbocycles. The van der Waals surface area contributed by atoms with Gasteiger partial charge in [-0.25, -0.2) is 15.0 Å². The number of furan rings is 1. The Hall–Kier alpha value is -2.75. The van der Waals surface area contributed by atoms with Crippen LogP contribution in [0.5, 0.6) is 0 Å². The lowest BCUT2D eigenvalue weighted by molar-refractivity contribution is 0.183. The van der Waals surface area contributed by atoms with E-state index in [-0.39, 0.29) is 5.56 Å². The Bertz CT molecular complexity index is 1470. The Morgan fingerprint density at radius 3 is 2.90 bits per heavy atom. The number of aryl methyl sites for hydroxylation is 2. The Morgan fingerprint density at radius 1 is 1.23 bits per heavy atom. The Labute approximate surface area is 179 Å². The fourth-order valence-corrected chi connectivity index (χ4v) is 5.43. The zero-order chi connectivity index (χ0) is 20.8. The van der Waals surface area contributed by atoms with Gasteiger partial charge in [-0.1, -0.05) is 12.1 Å². The van der Waals surface area contributed by atoms with Gasteiger partial charge in [-0.2, -0.15) is 0 Å². The molecule has 0 unspecified atom stereocenters. The minimum atomic E-state index is -0.0590. The third kappa shape index (κ3) is 3.01. The van der Waals surface area contributed by atoms with Crippen molar-refractivity contribution in [1.29, 1.82) is 0 Å². The topological polar surface area (TPSA) is 83.0 Å². The van der Waals surface area contributed by atoms with Crippen molar-refractivity contribution in [2.45, 2.75) is 30.6 Å². The second-order valence-electron chi connectivity index (χ2n) is 6.86. The number of aromatic nitrogens is 4. The van der Waals surface area contributed by atoms with Crippen molar-refractivity contribution < 1.29 is 9.15 Å². The molecule has 7 nitrogen and oxygen atoms in total. The van der Waals surface area contributed by atoms with E-state index in [1.54, 1.807) is 11.7 Å². The number of ether oxygens (including phenoxy) is 1. The number of methoxy groups -OCH3 is 1. The highest BCUT2D eigenvalue weighted by molar-refractivity contribution is 7.99. The molecule has 0 N–H and O–H groups in total. The number of para-hydroxylation sites is 1. The molecule has 0 fully saturated rings.